The van der Waals surface area contributed by atoms with Gasteiger partial charge in [0.15, 0.2) is 0 Å². The maximum atomic E-state index is 5.02. The van der Waals surface area contributed by atoms with E-state index in [0.717, 1.165) is 11.2 Å². The smallest absolute Gasteiger partial charge is 0.146 e. The van der Waals surface area contributed by atoms with Gasteiger partial charge in [-0.05, 0) is 47.4 Å². The van der Waals surface area contributed by atoms with Crippen LogP contribution in [-0.2, 0) is 5.41 Å². The van der Waals surface area contributed by atoms with Crippen LogP contribution in [0.3, 0.4) is 0 Å². The van der Waals surface area contributed by atoms with Crippen molar-refractivity contribution in [2.24, 2.45) is 0 Å². The molecule has 2 heterocycles. The van der Waals surface area contributed by atoms with Gasteiger partial charge in [0.1, 0.15) is 5.65 Å². The lowest BCUT2D eigenvalue weighted by molar-refractivity contribution is 0.322. The van der Waals surface area contributed by atoms with Gasteiger partial charge in [0.05, 0.1) is 16.6 Å². The van der Waals surface area contributed by atoms with Crippen LogP contribution in [0.1, 0.15) is 44.6 Å². The summed E-state index contributed by atoms with van der Waals surface area (Å²) in [5.74, 6) is 0. The van der Waals surface area contributed by atoms with E-state index in [1.807, 2.05) is 0 Å². The third kappa shape index (κ3) is 2.12. The van der Waals surface area contributed by atoms with Crippen LogP contribution < -0.4 is 0 Å². The van der Waals surface area contributed by atoms with Crippen molar-refractivity contribution in [1.82, 2.24) is 9.38 Å². The molecule has 1 aliphatic carbocycles. The third-order valence-electron chi connectivity index (χ3n) is 6.89. The van der Waals surface area contributed by atoms with Gasteiger partial charge in [-0.2, -0.15) is 0 Å². The highest BCUT2D eigenvalue weighted by molar-refractivity contribution is 6.15. The zero-order valence-corrected chi connectivity index (χ0v) is 16.3. The van der Waals surface area contributed by atoms with Crippen molar-refractivity contribution in [1.29, 1.82) is 0 Å². The predicted octanol–water partition coefficient (Wildman–Crippen LogP) is 7.02. The van der Waals surface area contributed by atoms with Crippen LogP contribution in [0.5, 0.6) is 0 Å². The van der Waals surface area contributed by atoms with E-state index in [1.165, 1.54) is 64.9 Å². The zero-order valence-electron chi connectivity index (χ0n) is 16.3. The van der Waals surface area contributed by atoms with Crippen LogP contribution in [0.2, 0.25) is 0 Å². The normalized spacial score (nSPS) is 17.0. The molecule has 3 aromatic carbocycles. The van der Waals surface area contributed by atoms with Crippen molar-refractivity contribution < 1.29 is 0 Å². The molecule has 0 N–H and O–H groups in total. The first-order valence-corrected chi connectivity index (χ1v) is 10.5. The summed E-state index contributed by atoms with van der Waals surface area (Å²) in [5.41, 5.74) is 6.38. The molecule has 0 amide bonds. The first-order valence-electron chi connectivity index (χ1n) is 10.5. The molecule has 5 aromatic rings. The first kappa shape index (κ1) is 16.1. The van der Waals surface area contributed by atoms with Gasteiger partial charge in [0.25, 0.3) is 0 Å². The average molecular weight is 364 g/mol. The van der Waals surface area contributed by atoms with Crippen molar-refractivity contribution in [2.45, 2.75) is 44.4 Å². The van der Waals surface area contributed by atoms with Crippen molar-refractivity contribution in [3.05, 3.63) is 72.3 Å². The lowest BCUT2D eigenvalue weighted by atomic mass is 9.69. The minimum atomic E-state index is 0.255. The number of aromatic nitrogens is 2. The molecule has 0 radical (unpaired) electrons. The van der Waals surface area contributed by atoms with Gasteiger partial charge in [-0.15, -0.1) is 0 Å². The Morgan fingerprint density at radius 2 is 1.46 bits per heavy atom. The van der Waals surface area contributed by atoms with Gasteiger partial charge < -0.3 is 0 Å². The summed E-state index contributed by atoms with van der Waals surface area (Å²) < 4.78 is 2.38. The molecule has 0 atom stereocenters. The van der Waals surface area contributed by atoms with Crippen LogP contribution in [0.15, 0.2) is 66.7 Å². The summed E-state index contributed by atoms with van der Waals surface area (Å²) in [6, 6.07) is 24.2. The first-order chi connectivity index (χ1) is 13.8. The average Bonchev–Trinajstić information content (AvgIpc) is 3.14. The van der Waals surface area contributed by atoms with E-state index in [9.17, 15) is 0 Å². The fraction of sp³-hybridized carbons (Fsp3) is 0.269. The molecule has 0 aliphatic heterocycles. The molecule has 1 aliphatic rings. The fourth-order valence-corrected chi connectivity index (χ4v) is 5.46. The van der Waals surface area contributed by atoms with E-state index in [4.69, 9.17) is 4.98 Å². The number of benzene rings is 3. The zero-order chi connectivity index (χ0) is 18.7. The number of pyridine rings is 1. The minimum absolute atomic E-state index is 0.255. The maximum absolute atomic E-state index is 5.02. The Labute approximate surface area is 164 Å². The number of nitrogens with zero attached hydrogens (tertiary/aromatic N) is 2. The monoisotopic (exact) mass is 364 g/mol. The Hall–Kier alpha value is -2.87. The van der Waals surface area contributed by atoms with Crippen LogP contribution in [0.4, 0.5) is 0 Å². The molecule has 6 rings (SSSR count). The minimum Gasteiger partial charge on any atom is -0.292 e. The molecule has 1 saturated carbocycles. The molecule has 0 unspecified atom stereocenters. The van der Waals surface area contributed by atoms with Crippen molar-refractivity contribution in [2.75, 3.05) is 0 Å². The predicted molar refractivity (Wildman–Crippen MR) is 118 cm³/mol. The number of hydrogen-bond acceptors (Lipinski definition) is 1. The van der Waals surface area contributed by atoms with E-state index >= 15 is 0 Å². The number of rotatable bonds is 1. The SMILES string of the molecule is CC1(c2cccc3c2c2ccccc2c2nc4ccccc4n32)CCCCC1. The molecule has 2 heteroatoms. The Morgan fingerprint density at radius 1 is 0.750 bits per heavy atom. The van der Waals surface area contributed by atoms with Gasteiger partial charge in [-0.1, -0.05) is 74.7 Å². The van der Waals surface area contributed by atoms with E-state index in [0.29, 0.717) is 0 Å². The summed E-state index contributed by atoms with van der Waals surface area (Å²) in [4.78, 5) is 5.02. The fourth-order valence-electron chi connectivity index (χ4n) is 5.46. The highest BCUT2D eigenvalue weighted by Crippen LogP contribution is 2.44. The molecule has 2 nitrogen and oxygen atoms in total. The molecule has 0 spiro atoms. The third-order valence-corrected chi connectivity index (χ3v) is 6.89. The standard InChI is InChI=1S/C26H24N2/c1-26(16-7-2-8-17-26)20-12-9-15-23-24(20)18-10-3-4-11-19(18)25-27-21-13-5-6-14-22(21)28(23)25/h3-6,9-15H,2,7-8,16-17H2,1H3. The van der Waals surface area contributed by atoms with E-state index in [1.54, 1.807) is 0 Å². The van der Waals surface area contributed by atoms with E-state index in [2.05, 4.69) is 78.1 Å². The largest absolute Gasteiger partial charge is 0.292 e. The summed E-state index contributed by atoms with van der Waals surface area (Å²) >= 11 is 0. The van der Waals surface area contributed by atoms with Gasteiger partial charge in [-0.25, -0.2) is 4.98 Å². The Morgan fingerprint density at radius 3 is 2.32 bits per heavy atom. The van der Waals surface area contributed by atoms with Crippen molar-refractivity contribution in [3.63, 3.8) is 0 Å². The lowest BCUT2D eigenvalue weighted by Crippen LogP contribution is -2.25. The van der Waals surface area contributed by atoms with Gasteiger partial charge in [0.2, 0.25) is 0 Å². The highest BCUT2D eigenvalue weighted by Gasteiger charge is 2.31. The number of fused-ring (bicyclic) bond motifs is 8. The van der Waals surface area contributed by atoms with Crippen LogP contribution in [0.25, 0.3) is 38.4 Å². The quantitative estimate of drug-likeness (QED) is 0.292. The van der Waals surface area contributed by atoms with Gasteiger partial charge in [-0.3, -0.25) is 4.40 Å². The molecule has 2 aromatic heterocycles. The second kappa shape index (κ2) is 5.81. The van der Waals surface area contributed by atoms with E-state index in [-0.39, 0.29) is 5.41 Å². The second-order valence-electron chi connectivity index (χ2n) is 8.63. The number of hydrogen-bond donors (Lipinski definition) is 0. The maximum Gasteiger partial charge on any atom is 0.146 e. The molecule has 28 heavy (non-hydrogen) atoms. The molecular weight excluding hydrogens is 340 g/mol. The van der Waals surface area contributed by atoms with Crippen molar-refractivity contribution in [3.8, 4) is 0 Å². The van der Waals surface area contributed by atoms with Crippen LogP contribution >= 0.6 is 0 Å². The molecule has 138 valence electrons. The van der Waals surface area contributed by atoms with E-state index < -0.39 is 0 Å². The summed E-state index contributed by atoms with van der Waals surface area (Å²) in [5, 5.41) is 4.00. The molecular formula is C26H24N2. The molecule has 0 saturated heterocycles. The Balaban J connectivity index is 1.87. The number of imidazole rings is 1. The molecule has 0 bridgehead atoms. The number of para-hydroxylation sites is 2. The van der Waals surface area contributed by atoms with Crippen molar-refractivity contribution >= 4 is 38.4 Å². The second-order valence-corrected chi connectivity index (χ2v) is 8.63. The van der Waals surface area contributed by atoms with Crippen LogP contribution in [-0.4, -0.2) is 9.38 Å². The highest BCUT2D eigenvalue weighted by atomic mass is 15.0. The lowest BCUT2D eigenvalue weighted by Gasteiger charge is -2.35. The van der Waals surface area contributed by atoms with Crippen LogP contribution in [0, 0.1) is 0 Å². The summed E-state index contributed by atoms with van der Waals surface area (Å²) in [6.45, 7) is 2.48. The van der Waals surface area contributed by atoms with Gasteiger partial charge >= 0.3 is 0 Å². The summed E-state index contributed by atoms with van der Waals surface area (Å²) in [7, 11) is 0. The Bertz CT molecular complexity index is 1350. The topological polar surface area (TPSA) is 17.3 Å². The van der Waals surface area contributed by atoms with Gasteiger partial charge in [0, 0.05) is 10.8 Å². The molecule has 1 fully saturated rings. The summed E-state index contributed by atoms with van der Waals surface area (Å²) in [6.07, 6.45) is 6.60. The Kier molecular flexibility index (Phi) is 3.35.